The van der Waals surface area contributed by atoms with Gasteiger partial charge >= 0.3 is 0 Å². The Morgan fingerprint density at radius 2 is 1.55 bits per heavy atom. The Labute approximate surface area is 193 Å². The van der Waals surface area contributed by atoms with Gasteiger partial charge in [0.05, 0.1) is 5.92 Å². The number of nitrogens with zero attached hydrogens (tertiary/aromatic N) is 1. The van der Waals surface area contributed by atoms with Crippen molar-refractivity contribution in [3.05, 3.63) is 102 Å². The number of hydrogen-bond acceptors (Lipinski definition) is 3. The first kappa shape index (κ1) is 22.3. The van der Waals surface area contributed by atoms with Crippen LogP contribution >= 0.6 is 0 Å². The third kappa shape index (κ3) is 5.86. The highest BCUT2D eigenvalue weighted by Gasteiger charge is 2.29. The summed E-state index contributed by atoms with van der Waals surface area (Å²) in [4.78, 5) is 40.0. The van der Waals surface area contributed by atoms with Gasteiger partial charge in [-0.25, -0.2) is 0 Å². The molecule has 0 radical (unpaired) electrons. The maximum Gasteiger partial charge on any atom is 0.255 e. The van der Waals surface area contributed by atoms with E-state index >= 15 is 0 Å². The van der Waals surface area contributed by atoms with Crippen molar-refractivity contribution in [3.63, 3.8) is 0 Å². The van der Waals surface area contributed by atoms with E-state index in [9.17, 15) is 14.4 Å². The molecule has 6 nitrogen and oxygen atoms in total. The van der Waals surface area contributed by atoms with Crippen molar-refractivity contribution in [2.75, 3.05) is 18.4 Å². The molecular weight excluding hydrogens is 414 g/mol. The lowest BCUT2D eigenvalue weighted by molar-refractivity contribution is -0.126. The number of amides is 3. The highest BCUT2D eigenvalue weighted by atomic mass is 16.2. The van der Waals surface area contributed by atoms with Crippen LogP contribution in [-0.2, 0) is 11.3 Å². The minimum atomic E-state index is -0.229. The van der Waals surface area contributed by atoms with E-state index in [1.807, 2.05) is 36.4 Å². The molecule has 1 aliphatic heterocycles. The summed E-state index contributed by atoms with van der Waals surface area (Å²) in [5, 5.41) is 5.83. The summed E-state index contributed by atoms with van der Waals surface area (Å²) in [6.07, 6.45) is 1.54. The number of benzene rings is 3. The van der Waals surface area contributed by atoms with Gasteiger partial charge in [-0.2, -0.15) is 0 Å². The van der Waals surface area contributed by atoms with Gasteiger partial charge in [-0.05, 0) is 48.7 Å². The van der Waals surface area contributed by atoms with Gasteiger partial charge < -0.3 is 15.5 Å². The van der Waals surface area contributed by atoms with Crippen LogP contribution in [0, 0.1) is 5.92 Å². The number of piperidine rings is 1. The molecule has 4 rings (SSSR count). The fourth-order valence-corrected chi connectivity index (χ4v) is 4.01. The second-order valence-corrected chi connectivity index (χ2v) is 8.19. The highest BCUT2D eigenvalue weighted by molar-refractivity contribution is 6.05. The number of anilines is 1. The van der Waals surface area contributed by atoms with Gasteiger partial charge in [0.25, 0.3) is 11.8 Å². The molecule has 0 saturated carbocycles. The van der Waals surface area contributed by atoms with Gasteiger partial charge in [0.15, 0.2) is 0 Å². The minimum Gasteiger partial charge on any atom is -0.352 e. The van der Waals surface area contributed by atoms with Crippen molar-refractivity contribution < 1.29 is 14.4 Å². The van der Waals surface area contributed by atoms with Crippen LogP contribution in [0.2, 0.25) is 0 Å². The van der Waals surface area contributed by atoms with Crippen molar-refractivity contribution in [1.82, 2.24) is 10.2 Å². The summed E-state index contributed by atoms with van der Waals surface area (Å²) in [5.41, 5.74) is 2.65. The zero-order chi connectivity index (χ0) is 23.0. The Morgan fingerprint density at radius 3 is 2.30 bits per heavy atom. The predicted octanol–water partition coefficient (Wildman–Crippen LogP) is 4.11. The molecule has 1 saturated heterocycles. The standard InChI is InChI=1S/C27H27N3O3/c31-25(28-18-20-9-3-1-4-10-20)23-14-8-16-30(19-23)27(33)22-13-7-15-24(17-22)29-26(32)21-11-5-2-6-12-21/h1-7,9-13,15,17,23H,8,14,16,18-19H2,(H,28,31)(H,29,32). The Hall–Kier alpha value is -3.93. The molecule has 3 aromatic rings. The lowest BCUT2D eigenvalue weighted by Gasteiger charge is -2.32. The van der Waals surface area contributed by atoms with Gasteiger partial charge in [0, 0.05) is 36.4 Å². The lowest BCUT2D eigenvalue weighted by atomic mass is 9.96. The number of carbonyl (C=O) groups is 3. The van der Waals surface area contributed by atoms with Crippen LogP contribution in [0.25, 0.3) is 0 Å². The molecule has 2 N–H and O–H groups in total. The fourth-order valence-electron chi connectivity index (χ4n) is 4.01. The zero-order valence-electron chi connectivity index (χ0n) is 18.4. The Morgan fingerprint density at radius 1 is 0.848 bits per heavy atom. The summed E-state index contributed by atoms with van der Waals surface area (Å²) in [6, 6.07) is 25.6. The van der Waals surface area contributed by atoms with Gasteiger partial charge in [-0.15, -0.1) is 0 Å². The van der Waals surface area contributed by atoms with E-state index in [1.54, 1.807) is 53.4 Å². The van der Waals surface area contributed by atoms with E-state index in [1.165, 1.54) is 0 Å². The fraction of sp³-hybridized carbons (Fsp3) is 0.222. The molecule has 1 atom stereocenters. The maximum absolute atomic E-state index is 13.1. The number of likely N-dealkylation sites (tertiary alicyclic amines) is 1. The monoisotopic (exact) mass is 441 g/mol. The quantitative estimate of drug-likeness (QED) is 0.604. The maximum atomic E-state index is 13.1. The molecule has 1 heterocycles. The summed E-state index contributed by atoms with van der Waals surface area (Å²) in [7, 11) is 0. The van der Waals surface area contributed by atoms with Gasteiger partial charge in [0.1, 0.15) is 0 Å². The van der Waals surface area contributed by atoms with Crippen molar-refractivity contribution in [3.8, 4) is 0 Å². The first-order valence-corrected chi connectivity index (χ1v) is 11.2. The molecule has 0 aromatic heterocycles. The van der Waals surface area contributed by atoms with E-state index < -0.39 is 0 Å². The van der Waals surface area contributed by atoms with E-state index in [2.05, 4.69) is 10.6 Å². The summed E-state index contributed by atoms with van der Waals surface area (Å²) in [6.45, 7) is 1.48. The third-order valence-electron chi connectivity index (χ3n) is 5.79. The molecule has 33 heavy (non-hydrogen) atoms. The third-order valence-corrected chi connectivity index (χ3v) is 5.79. The molecule has 3 amide bonds. The molecule has 0 bridgehead atoms. The summed E-state index contributed by atoms with van der Waals surface area (Å²) < 4.78 is 0. The lowest BCUT2D eigenvalue weighted by Crippen LogP contribution is -2.45. The van der Waals surface area contributed by atoms with E-state index in [-0.39, 0.29) is 23.6 Å². The summed E-state index contributed by atoms with van der Waals surface area (Å²) in [5.74, 6) is -0.618. The van der Waals surface area contributed by atoms with Crippen LogP contribution in [0.15, 0.2) is 84.9 Å². The van der Waals surface area contributed by atoms with Gasteiger partial charge in [-0.3, -0.25) is 14.4 Å². The van der Waals surface area contributed by atoms with Crippen LogP contribution in [-0.4, -0.2) is 35.7 Å². The molecule has 6 heteroatoms. The average molecular weight is 442 g/mol. The van der Waals surface area contributed by atoms with E-state index in [0.717, 1.165) is 18.4 Å². The van der Waals surface area contributed by atoms with Crippen molar-refractivity contribution >= 4 is 23.4 Å². The van der Waals surface area contributed by atoms with E-state index in [0.29, 0.717) is 36.4 Å². The average Bonchev–Trinajstić information content (AvgIpc) is 2.88. The normalized spacial score (nSPS) is 15.5. The SMILES string of the molecule is O=C(Nc1cccc(C(=O)N2CCCC(C(=O)NCc3ccccc3)C2)c1)c1ccccc1. The van der Waals surface area contributed by atoms with Gasteiger partial charge in [-0.1, -0.05) is 54.6 Å². The number of rotatable bonds is 6. The molecule has 168 valence electrons. The summed E-state index contributed by atoms with van der Waals surface area (Å²) >= 11 is 0. The topological polar surface area (TPSA) is 78.5 Å². The first-order valence-electron chi connectivity index (χ1n) is 11.2. The van der Waals surface area contributed by atoms with Crippen LogP contribution in [0.5, 0.6) is 0 Å². The first-order chi connectivity index (χ1) is 16.1. The zero-order valence-corrected chi connectivity index (χ0v) is 18.4. The second-order valence-electron chi connectivity index (χ2n) is 8.19. The van der Waals surface area contributed by atoms with Crippen LogP contribution in [0.4, 0.5) is 5.69 Å². The highest BCUT2D eigenvalue weighted by Crippen LogP contribution is 2.21. The van der Waals surface area contributed by atoms with Crippen LogP contribution < -0.4 is 10.6 Å². The molecule has 3 aromatic carbocycles. The largest absolute Gasteiger partial charge is 0.352 e. The van der Waals surface area contributed by atoms with Crippen molar-refractivity contribution in [1.29, 1.82) is 0 Å². The van der Waals surface area contributed by atoms with E-state index in [4.69, 9.17) is 0 Å². The Kier molecular flexibility index (Phi) is 7.15. The van der Waals surface area contributed by atoms with Crippen molar-refractivity contribution in [2.45, 2.75) is 19.4 Å². The number of nitrogens with one attached hydrogen (secondary N) is 2. The minimum absolute atomic E-state index is 0.0276. The molecule has 0 spiro atoms. The molecule has 1 unspecified atom stereocenters. The molecular formula is C27H27N3O3. The van der Waals surface area contributed by atoms with Crippen LogP contribution in [0.3, 0.4) is 0 Å². The number of carbonyl (C=O) groups excluding carboxylic acids is 3. The predicted molar refractivity (Wildman–Crippen MR) is 128 cm³/mol. The molecule has 1 aliphatic rings. The second kappa shape index (κ2) is 10.6. The smallest absolute Gasteiger partial charge is 0.255 e. The number of hydrogen-bond donors (Lipinski definition) is 2. The van der Waals surface area contributed by atoms with Crippen LogP contribution in [0.1, 0.15) is 39.1 Å². The molecule has 1 fully saturated rings. The Balaban J connectivity index is 1.36. The molecule has 0 aliphatic carbocycles. The van der Waals surface area contributed by atoms with Gasteiger partial charge in [0.2, 0.25) is 5.91 Å². The Bertz CT molecular complexity index is 1120. The van der Waals surface area contributed by atoms with Crippen molar-refractivity contribution in [2.24, 2.45) is 5.92 Å².